The van der Waals surface area contributed by atoms with Crippen LogP contribution in [0.5, 0.6) is 5.75 Å². The van der Waals surface area contributed by atoms with Crippen LogP contribution >= 0.6 is 0 Å². The van der Waals surface area contributed by atoms with Crippen molar-refractivity contribution in [3.05, 3.63) is 83.6 Å². The van der Waals surface area contributed by atoms with E-state index in [-0.39, 0.29) is 30.9 Å². The first-order valence-corrected chi connectivity index (χ1v) is 13.2. The van der Waals surface area contributed by atoms with E-state index in [0.29, 0.717) is 6.08 Å². The van der Waals surface area contributed by atoms with Crippen molar-refractivity contribution in [3.8, 4) is 5.75 Å². The second-order valence-corrected chi connectivity index (χ2v) is 10.1. The summed E-state index contributed by atoms with van der Waals surface area (Å²) in [6.45, 7) is 4.56. The zero-order valence-corrected chi connectivity index (χ0v) is 23.9. The van der Waals surface area contributed by atoms with Crippen molar-refractivity contribution in [2.45, 2.75) is 57.7 Å². The quantitative estimate of drug-likeness (QED) is 0.187. The molecule has 2 aromatic carbocycles. The number of carbonyl (C=O) groups is 3. The zero-order chi connectivity index (χ0) is 41.6. The molecule has 2 N–H and O–H groups in total. The molecule has 232 valence electrons. The summed E-state index contributed by atoms with van der Waals surface area (Å²) in [5.74, 6) is -4.44. The van der Waals surface area contributed by atoms with Gasteiger partial charge in [0.25, 0.3) is 0 Å². The van der Waals surface area contributed by atoms with Crippen LogP contribution in [0.3, 0.4) is 0 Å². The lowest BCUT2D eigenvalue weighted by molar-refractivity contribution is -0.123. The van der Waals surface area contributed by atoms with E-state index < -0.39 is 86.5 Å². The summed E-state index contributed by atoms with van der Waals surface area (Å²) in [6, 6.07) is 10.8. The van der Waals surface area contributed by atoms with Gasteiger partial charge in [0.2, 0.25) is 5.91 Å². The van der Waals surface area contributed by atoms with Crippen molar-refractivity contribution in [1.29, 1.82) is 0 Å². The number of alkyl carbamates (subject to hydrolysis) is 1. The Morgan fingerprint density at radius 2 is 1.91 bits per heavy atom. The third-order valence-electron chi connectivity index (χ3n) is 5.48. The zero-order valence-electron chi connectivity index (χ0n) is 35.9. The number of rotatable bonds is 12. The van der Waals surface area contributed by atoms with Crippen LogP contribution in [0.25, 0.3) is 6.05 Å². The third-order valence-corrected chi connectivity index (χ3v) is 5.48. The van der Waals surface area contributed by atoms with Crippen LogP contribution in [0, 0.1) is 5.89 Å². The molecular formula is C33H42N2O8. The van der Waals surface area contributed by atoms with E-state index in [4.69, 9.17) is 40.1 Å². The molecule has 0 heterocycles. The van der Waals surface area contributed by atoms with Gasteiger partial charge in [0.05, 0.1) is 37.8 Å². The SMILES string of the molecule is [2H]/C(=C(/[2H])C1([2H])C=C(OC([2H])([2H])[2H])CC([2H])(OC([2H])([2H])[2H])C1([2H])[2H])c1ccc(OC(=O)OCCNC(=O)C(Cc2ccccc2)NC(=O)OC(C)(C)C)cc1. The van der Waals surface area contributed by atoms with Gasteiger partial charge in [0, 0.05) is 29.9 Å². The summed E-state index contributed by atoms with van der Waals surface area (Å²) in [5.41, 5.74) is -0.134. The fourth-order valence-corrected chi connectivity index (χ4v) is 3.61. The van der Waals surface area contributed by atoms with Crippen LogP contribution in [0.15, 0.2) is 72.5 Å². The van der Waals surface area contributed by atoms with E-state index >= 15 is 0 Å². The summed E-state index contributed by atoms with van der Waals surface area (Å²) < 4.78 is 121. The molecule has 3 atom stereocenters. The molecule has 0 bridgehead atoms. The minimum absolute atomic E-state index is 0.0975. The lowest BCUT2D eigenvalue weighted by Crippen LogP contribution is -2.49. The summed E-state index contributed by atoms with van der Waals surface area (Å²) >= 11 is 0. The second-order valence-electron chi connectivity index (χ2n) is 10.1. The summed E-state index contributed by atoms with van der Waals surface area (Å²) in [4.78, 5) is 37.7. The van der Waals surface area contributed by atoms with E-state index in [1.807, 2.05) is 0 Å². The number of benzene rings is 2. The van der Waals surface area contributed by atoms with E-state index in [9.17, 15) is 14.4 Å². The van der Waals surface area contributed by atoms with Gasteiger partial charge in [-0.15, -0.1) is 0 Å². The molecule has 1 aliphatic carbocycles. The van der Waals surface area contributed by atoms with E-state index in [1.165, 1.54) is 24.3 Å². The van der Waals surface area contributed by atoms with Crippen molar-refractivity contribution < 1.29 is 54.5 Å². The van der Waals surface area contributed by atoms with Gasteiger partial charge < -0.3 is 34.3 Å². The molecule has 0 fully saturated rings. The Balaban J connectivity index is 1.68. The van der Waals surface area contributed by atoms with Crippen LogP contribution in [-0.2, 0) is 30.2 Å². The molecular weight excluding hydrogens is 552 g/mol. The van der Waals surface area contributed by atoms with Crippen molar-refractivity contribution in [2.75, 3.05) is 27.2 Å². The van der Waals surface area contributed by atoms with Crippen molar-refractivity contribution in [3.63, 3.8) is 0 Å². The highest BCUT2D eigenvalue weighted by Gasteiger charge is 2.25. The molecule has 10 nitrogen and oxygen atoms in total. The number of nitrogens with one attached hydrogen (secondary N) is 2. The average Bonchev–Trinajstić information content (AvgIpc) is 3.03. The maximum Gasteiger partial charge on any atom is 0.513 e. The molecule has 0 saturated heterocycles. The predicted octanol–water partition coefficient (Wildman–Crippen LogP) is 5.42. The minimum atomic E-state index is -3.37. The first kappa shape index (κ1) is 19.8. The summed E-state index contributed by atoms with van der Waals surface area (Å²) in [6.07, 6.45) is -8.75. The molecule has 43 heavy (non-hydrogen) atoms. The first-order chi connectivity index (χ1) is 25.1. The highest BCUT2D eigenvalue weighted by Crippen LogP contribution is 2.27. The molecule has 2 aromatic rings. The fraction of sp³-hybridized carbons (Fsp3) is 0.424. The smallest absolute Gasteiger partial charge is 0.501 e. The number of amides is 2. The van der Waals surface area contributed by atoms with Crippen LogP contribution in [0.1, 0.15) is 61.1 Å². The lowest BCUT2D eigenvalue weighted by atomic mass is 9.91. The van der Waals surface area contributed by atoms with Gasteiger partial charge in [0.1, 0.15) is 24.0 Å². The first-order valence-electron chi connectivity index (χ1n) is 19.2. The molecule has 0 saturated carbocycles. The molecule has 3 rings (SSSR count). The number of ether oxygens (including phenoxy) is 5. The Morgan fingerprint density at radius 1 is 1.14 bits per heavy atom. The summed E-state index contributed by atoms with van der Waals surface area (Å²) in [7, 11) is -6.52. The highest BCUT2D eigenvalue weighted by molar-refractivity contribution is 5.86. The Hall–Kier alpha value is -4.31. The molecule has 1 aliphatic rings. The Morgan fingerprint density at radius 3 is 2.60 bits per heavy atom. The van der Waals surface area contributed by atoms with Gasteiger partial charge in [-0.25, -0.2) is 9.59 Å². The molecule has 10 heteroatoms. The second kappa shape index (κ2) is 16.4. The van der Waals surface area contributed by atoms with E-state index in [1.54, 1.807) is 51.1 Å². The number of hydrogen-bond acceptors (Lipinski definition) is 8. The fourth-order valence-electron chi connectivity index (χ4n) is 3.61. The van der Waals surface area contributed by atoms with Crippen LogP contribution in [-0.4, -0.2) is 63.1 Å². The lowest BCUT2D eigenvalue weighted by Gasteiger charge is -2.25. The van der Waals surface area contributed by atoms with Crippen molar-refractivity contribution in [1.82, 2.24) is 10.6 Å². The van der Waals surface area contributed by atoms with Gasteiger partial charge in [-0.2, -0.15) is 0 Å². The van der Waals surface area contributed by atoms with Gasteiger partial charge in [-0.3, -0.25) is 4.79 Å². The largest absolute Gasteiger partial charge is 0.513 e. The number of methoxy groups -OCH3 is 2. The average molecular weight is 607 g/mol. The molecule has 0 radical (unpaired) electrons. The van der Waals surface area contributed by atoms with Gasteiger partial charge in [-0.1, -0.05) is 54.6 Å². The van der Waals surface area contributed by atoms with Crippen LogP contribution in [0.4, 0.5) is 9.59 Å². The Kier molecular flexibility index (Phi) is 7.53. The normalized spacial score (nSPS) is 27.1. The maximum absolute atomic E-state index is 12.9. The van der Waals surface area contributed by atoms with Gasteiger partial charge in [0.15, 0.2) is 0 Å². The van der Waals surface area contributed by atoms with Crippen molar-refractivity contribution in [2.24, 2.45) is 5.89 Å². The third kappa shape index (κ3) is 12.2. The van der Waals surface area contributed by atoms with E-state index in [0.717, 1.165) is 5.56 Å². The Labute approximate surface area is 270 Å². The standard InChI is InChI=1S/C33H42N2O8/c1-33(2,3)43-31(37)35-29(21-24-9-7-6-8-10-24)30(36)34-17-18-41-32(38)42-26-15-13-23(14-16-26)11-12-25-19-27(39-4)22-28(20-25)40-5/h6-16,19,25,28-29H,17-18,20-22H2,1-5H3,(H,34,36)(H,35,37)/b12-11+/i4D3,5D3,11D,12D,20D2,25D,28D. The topological polar surface area (TPSA) is 121 Å². The molecule has 0 aliphatic heterocycles. The van der Waals surface area contributed by atoms with Gasteiger partial charge >= 0.3 is 12.2 Å². The van der Waals surface area contributed by atoms with Crippen LogP contribution < -0.4 is 15.4 Å². The minimum Gasteiger partial charge on any atom is -0.501 e. The maximum atomic E-state index is 12.9. The van der Waals surface area contributed by atoms with Crippen molar-refractivity contribution >= 4 is 24.2 Å². The predicted molar refractivity (Wildman–Crippen MR) is 162 cm³/mol. The number of allylic oxidation sites excluding steroid dienone is 2. The summed E-state index contributed by atoms with van der Waals surface area (Å²) in [5, 5.41) is 5.11. The molecule has 0 aromatic heterocycles. The molecule has 2 amide bonds. The van der Waals surface area contributed by atoms with Crippen LogP contribution in [0.2, 0.25) is 0 Å². The monoisotopic (exact) mass is 606 g/mol. The highest BCUT2D eigenvalue weighted by atomic mass is 16.7. The Bertz CT molecular complexity index is 1750. The molecule has 3 unspecified atom stereocenters. The van der Waals surface area contributed by atoms with E-state index in [2.05, 4.69) is 10.6 Å². The number of hydrogen-bond donors (Lipinski definition) is 2. The van der Waals surface area contributed by atoms with Gasteiger partial charge in [-0.05, 0) is 56.5 Å². The number of carbonyl (C=O) groups excluding carboxylic acids is 3. The molecule has 0 spiro atoms.